The molecule has 1 aromatic carbocycles. The molecule has 2 unspecified atom stereocenters. The summed E-state index contributed by atoms with van der Waals surface area (Å²) >= 11 is 0. The quantitative estimate of drug-likeness (QED) is 0.650. The zero-order valence-electron chi connectivity index (χ0n) is 20.1. The van der Waals surface area contributed by atoms with Gasteiger partial charge in [-0.3, -0.25) is 14.5 Å². The third-order valence-electron chi connectivity index (χ3n) is 6.64. The highest BCUT2D eigenvalue weighted by molar-refractivity contribution is 5.94. The minimum Gasteiger partial charge on any atom is -0.484 e. The van der Waals surface area contributed by atoms with E-state index in [-0.39, 0.29) is 36.5 Å². The number of carbonyl (C=O) groups is 2. The van der Waals surface area contributed by atoms with Crippen molar-refractivity contribution in [3.63, 3.8) is 0 Å². The van der Waals surface area contributed by atoms with Gasteiger partial charge in [0, 0.05) is 43.3 Å². The van der Waals surface area contributed by atoms with Crippen LogP contribution < -0.4 is 10.1 Å². The molecule has 2 fully saturated rings. The summed E-state index contributed by atoms with van der Waals surface area (Å²) in [6.45, 7) is 11.5. The van der Waals surface area contributed by atoms with E-state index in [9.17, 15) is 9.59 Å². The molecule has 0 spiro atoms. The lowest BCUT2D eigenvalue weighted by Gasteiger charge is -2.38. The summed E-state index contributed by atoms with van der Waals surface area (Å²) < 4.78 is 5.72. The summed E-state index contributed by atoms with van der Waals surface area (Å²) in [5.41, 5.74) is 1.96. The standard InChI is InChI=1S/C26H39N3O3/c1-19(2)12-15-28-16-13-23(14-17-28)27-26(31)22-8-10-24(11-9-22)32-18-25(30)29-20(3)6-5-7-21(29)4/h8-12,20-21,23H,5-7,13-18H2,1-4H3,(H,27,31). The van der Waals surface area contributed by atoms with Crippen LogP contribution in [0.1, 0.15) is 70.2 Å². The van der Waals surface area contributed by atoms with E-state index >= 15 is 0 Å². The molecule has 2 atom stereocenters. The van der Waals surface area contributed by atoms with Crippen molar-refractivity contribution in [1.82, 2.24) is 15.1 Å². The number of likely N-dealkylation sites (tertiary alicyclic amines) is 2. The molecule has 3 rings (SSSR count). The van der Waals surface area contributed by atoms with Crippen LogP contribution in [-0.4, -0.2) is 66.0 Å². The Morgan fingerprint density at radius 3 is 2.25 bits per heavy atom. The minimum absolute atomic E-state index is 0.0300. The van der Waals surface area contributed by atoms with Gasteiger partial charge in [-0.25, -0.2) is 0 Å². The van der Waals surface area contributed by atoms with Crippen LogP contribution in [0.2, 0.25) is 0 Å². The van der Waals surface area contributed by atoms with Crippen LogP contribution in [0.3, 0.4) is 0 Å². The average Bonchev–Trinajstić information content (AvgIpc) is 2.77. The van der Waals surface area contributed by atoms with Crippen molar-refractivity contribution in [1.29, 1.82) is 0 Å². The molecule has 1 aromatic rings. The van der Waals surface area contributed by atoms with Crippen LogP contribution >= 0.6 is 0 Å². The van der Waals surface area contributed by atoms with Gasteiger partial charge in [0.25, 0.3) is 11.8 Å². The Morgan fingerprint density at radius 2 is 1.66 bits per heavy atom. The Hall–Kier alpha value is -2.34. The average molecular weight is 442 g/mol. The fourth-order valence-electron chi connectivity index (χ4n) is 4.68. The number of nitrogens with one attached hydrogen (secondary N) is 1. The van der Waals surface area contributed by atoms with Crippen LogP contribution in [0.15, 0.2) is 35.9 Å². The van der Waals surface area contributed by atoms with Gasteiger partial charge in [-0.1, -0.05) is 11.6 Å². The molecule has 32 heavy (non-hydrogen) atoms. The molecule has 2 saturated heterocycles. The molecular weight excluding hydrogens is 402 g/mol. The maximum absolute atomic E-state index is 12.6. The van der Waals surface area contributed by atoms with Gasteiger partial charge in [-0.15, -0.1) is 0 Å². The number of carbonyl (C=O) groups excluding carboxylic acids is 2. The molecule has 0 saturated carbocycles. The molecule has 2 aliphatic heterocycles. The second-order valence-electron chi connectivity index (χ2n) is 9.57. The van der Waals surface area contributed by atoms with Crippen molar-refractivity contribution in [2.24, 2.45) is 0 Å². The SMILES string of the molecule is CC(C)=CCN1CCC(NC(=O)c2ccc(OCC(=O)N3C(C)CCCC3C)cc2)CC1. The fourth-order valence-corrected chi connectivity index (χ4v) is 4.68. The second-order valence-corrected chi connectivity index (χ2v) is 9.57. The Morgan fingerprint density at radius 1 is 1.03 bits per heavy atom. The van der Waals surface area contributed by atoms with Crippen LogP contribution in [0, 0.1) is 0 Å². The molecule has 2 heterocycles. The molecule has 2 aliphatic rings. The predicted molar refractivity (Wildman–Crippen MR) is 128 cm³/mol. The number of amides is 2. The van der Waals surface area contributed by atoms with Gasteiger partial charge < -0.3 is 15.0 Å². The van der Waals surface area contributed by atoms with Gasteiger partial charge in [0.15, 0.2) is 6.61 Å². The van der Waals surface area contributed by atoms with Crippen LogP contribution in [0.5, 0.6) is 5.75 Å². The highest BCUT2D eigenvalue weighted by Gasteiger charge is 2.29. The molecular formula is C26H39N3O3. The molecule has 6 heteroatoms. The third-order valence-corrected chi connectivity index (χ3v) is 6.64. The highest BCUT2D eigenvalue weighted by Crippen LogP contribution is 2.23. The predicted octanol–water partition coefficient (Wildman–Crippen LogP) is 4.02. The highest BCUT2D eigenvalue weighted by atomic mass is 16.5. The lowest BCUT2D eigenvalue weighted by atomic mass is 9.97. The van der Waals surface area contributed by atoms with E-state index in [0.29, 0.717) is 11.3 Å². The number of piperidine rings is 2. The van der Waals surface area contributed by atoms with Gasteiger partial charge in [-0.2, -0.15) is 0 Å². The number of allylic oxidation sites excluding steroid dienone is 1. The molecule has 0 aliphatic carbocycles. The van der Waals surface area contributed by atoms with E-state index in [4.69, 9.17) is 4.74 Å². The van der Waals surface area contributed by atoms with Gasteiger partial charge in [-0.05, 0) is 84.1 Å². The largest absolute Gasteiger partial charge is 0.484 e. The zero-order valence-corrected chi connectivity index (χ0v) is 20.1. The summed E-state index contributed by atoms with van der Waals surface area (Å²) in [5, 5.41) is 3.16. The molecule has 176 valence electrons. The molecule has 0 radical (unpaired) electrons. The topological polar surface area (TPSA) is 61.9 Å². The molecule has 0 bridgehead atoms. The number of hydrogen-bond donors (Lipinski definition) is 1. The second kappa shape index (κ2) is 11.5. The summed E-state index contributed by atoms with van der Waals surface area (Å²) in [6.07, 6.45) is 7.47. The van der Waals surface area contributed by atoms with Gasteiger partial charge in [0.1, 0.15) is 5.75 Å². The van der Waals surface area contributed by atoms with E-state index in [2.05, 4.69) is 44.0 Å². The molecule has 6 nitrogen and oxygen atoms in total. The lowest BCUT2D eigenvalue weighted by Crippen LogP contribution is -2.49. The number of ether oxygens (including phenoxy) is 1. The monoisotopic (exact) mass is 441 g/mol. The first-order valence-electron chi connectivity index (χ1n) is 12.0. The van der Waals surface area contributed by atoms with Crippen molar-refractivity contribution in [3.05, 3.63) is 41.5 Å². The number of benzene rings is 1. The first kappa shape index (κ1) is 24.3. The first-order valence-corrected chi connectivity index (χ1v) is 12.0. The minimum atomic E-state index is -0.0497. The Kier molecular flexibility index (Phi) is 8.74. The van der Waals surface area contributed by atoms with E-state index in [1.54, 1.807) is 24.3 Å². The van der Waals surface area contributed by atoms with E-state index in [1.165, 1.54) is 12.0 Å². The number of rotatable bonds is 7. The van der Waals surface area contributed by atoms with Crippen LogP contribution in [-0.2, 0) is 4.79 Å². The van der Waals surface area contributed by atoms with Gasteiger partial charge in [0.05, 0.1) is 0 Å². The summed E-state index contributed by atoms with van der Waals surface area (Å²) in [7, 11) is 0. The van der Waals surface area contributed by atoms with Crippen LogP contribution in [0.4, 0.5) is 0 Å². The summed E-state index contributed by atoms with van der Waals surface area (Å²) in [6, 6.07) is 7.82. The van der Waals surface area contributed by atoms with Crippen molar-refractivity contribution >= 4 is 11.8 Å². The van der Waals surface area contributed by atoms with E-state index < -0.39 is 0 Å². The fraction of sp³-hybridized carbons (Fsp3) is 0.615. The Balaban J connectivity index is 1.43. The maximum Gasteiger partial charge on any atom is 0.260 e. The van der Waals surface area contributed by atoms with Crippen molar-refractivity contribution in [3.8, 4) is 5.75 Å². The van der Waals surface area contributed by atoms with Crippen molar-refractivity contribution < 1.29 is 14.3 Å². The molecule has 0 aromatic heterocycles. The Bertz CT molecular complexity index is 783. The molecule has 2 amide bonds. The number of hydrogen-bond acceptors (Lipinski definition) is 4. The molecule has 1 N–H and O–H groups in total. The zero-order chi connectivity index (χ0) is 23.1. The van der Waals surface area contributed by atoms with Crippen molar-refractivity contribution in [2.75, 3.05) is 26.2 Å². The summed E-state index contributed by atoms with van der Waals surface area (Å²) in [4.78, 5) is 29.6. The first-order chi connectivity index (χ1) is 15.3. The van der Waals surface area contributed by atoms with Crippen molar-refractivity contribution in [2.45, 2.75) is 77.9 Å². The normalized spacial score (nSPS) is 22.3. The maximum atomic E-state index is 12.6. The Labute approximate surface area is 193 Å². The van der Waals surface area contributed by atoms with Crippen LogP contribution in [0.25, 0.3) is 0 Å². The smallest absolute Gasteiger partial charge is 0.260 e. The number of nitrogens with zero attached hydrogens (tertiary/aromatic N) is 2. The lowest BCUT2D eigenvalue weighted by molar-refractivity contribution is -0.139. The van der Waals surface area contributed by atoms with Gasteiger partial charge >= 0.3 is 0 Å². The van der Waals surface area contributed by atoms with E-state index in [1.807, 2.05) is 4.90 Å². The van der Waals surface area contributed by atoms with E-state index in [0.717, 1.165) is 45.3 Å². The summed E-state index contributed by atoms with van der Waals surface area (Å²) in [5.74, 6) is 0.591. The third kappa shape index (κ3) is 6.83. The van der Waals surface area contributed by atoms with Gasteiger partial charge in [0.2, 0.25) is 0 Å².